The monoisotopic (exact) mass is 210 g/mol. The molecule has 0 heterocycles. The maximum absolute atomic E-state index is 9.57. The van der Waals surface area contributed by atoms with Crippen LogP contribution < -0.4 is 0 Å². The maximum atomic E-state index is 9.57. The fourth-order valence-corrected chi connectivity index (χ4v) is 1.25. The highest BCUT2D eigenvalue weighted by atomic mass is 35.5. The van der Waals surface area contributed by atoms with E-state index in [0.717, 1.165) is 5.56 Å². The van der Waals surface area contributed by atoms with Crippen molar-refractivity contribution in [3.63, 3.8) is 0 Å². The molecule has 1 rings (SSSR count). The molecule has 0 aliphatic rings. The Labute approximate surface area is 88.1 Å². The second-order valence-corrected chi connectivity index (χ2v) is 3.24. The maximum Gasteiger partial charge on any atom is 0.106 e. The Balaban J connectivity index is 2.82. The lowest BCUT2D eigenvalue weighted by Gasteiger charge is -2.15. The number of aliphatic hydroxyl groups excluding tert-OH is 2. The molecular weight excluding hydrogens is 200 g/mol. The Morgan fingerprint density at radius 3 is 2.29 bits per heavy atom. The quantitative estimate of drug-likeness (QED) is 0.583. The number of hydrogen-bond acceptors (Lipinski definition) is 2. The lowest BCUT2D eigenvalue weighted by molar-refractivity contribution is 0.0327. The first-order valence-corrected chi connectivity index (χ1v) is 4.71. The Hall–Kier alpha value is -1.01. The smallest absolute Gasteiger partial charge is 0.106 e. The Morgan fingerprint density at radius 1 is 1.29 bits per heavy atom. The summed E-state index contributed by atoms with van der Waals surface area (Å²) in [5.74, 6) is 2.46. The highest BCUT2D eigenvalue weighted by Gasteiger charge is 2.16. The summed E-state index contributed by atoms with van der Waals surface area (Å²) in [7, 11) is 0. The van der Waals surface area contributed by atoms with E-state index < -0.39 is 12.2 Å². The van der Waals surface area contributed by atoms with E-state index in [4.69, 9.17) is 18.0 Å². The van der Waals surface area contributed by atoms with Gasteiger partial charge in [-0.1, -0.05) is 18.1 Å². The first-order valence-electron chi connectivity index (χ1n) is 4.17. The summed E-state index contributed by atoms with van der Waals surface area (Å²) in [4.78, 5) is 0. The molecule has 74 valence electrons. The van der Waals surface area contributed by atoms with E-state index in [0.29, 0.717) is 5.56 Å². The van der Waals surface area contributed by atoms with Crippen LogP contribution in [0.1, 0.15) is 17.2 Å². The molecule has 2 N–H and O–H groups in total. The second-order valence-electron chi connectivity index (χ2n) is 2.93. The van der Waals surface area contributed by atoms with Crippen LogP contribution in [0.2, 0.25) is 0 Å². The molecule has 2 nitrogen and oxygen atoms in total. The van der Waals surface area contributed by atoms with E-state index in [2.05, 4.69) is 5.92 Å². The zero-order valence-electron chi connectivity index (χ0n) is 7.52. The molecule has 0 bridgehead atoms. The molecule has 0 fully saturated rings. The fourth-order valence-electron chi connectivity index (χ4n) is 1.08. The van der Waals surface area contributed by atoms with Crippen LogP contribution in [0, 0.1) is 12.3 Å². The molecule has 0 amide bonds. The Bertz CT molecular complexity index is 326. The van der Waals surface area contributed by atoms with E-state index in [9.17, 15) is 10.2 Å². The molecule has 14 heavy (non-hydrogen) atoms. The van der Waals surface area contributed by atoms with Crippen molar-refractivity contribution in [2.45, 2.75) is 12.2 Å². The van der Waals surface area contributed by atoms with Crippen LogP contribution in [-0.4, -0.2) is 22.2 Å². The van der Waals surface area contributed by atoms with Crippen molar-refractivity contribution in [1.82, 2.24) is 0 Å². The lowest BCUT2D eigenvalue weighted by atomic mass is 10.0. The van der Waals surface area contributed by atoms with Crippen molar-refractivity contribution < 1.29 is 10.2 Å². The Kier molecular flexibility index (Phi) is 3.97. The van der Waals surface area contributed by atoms with E-state index in [1.54, 1.807) is 24.3 Å². The van der Waals surface area contributed by atoms with Gasteiger partial charge in [0, 0.05) is 5.56 Å². The molecule has 3 heteroatoms. The summed E-state index contributed by atoms with van der Waals surface area (Å²) >= 11 is 5.41. The highest BCUT2D eigenvalue weighted by molar-refractivity contribution is 6.18. The molecule has 0 saturated carbocycles. The predicted molar refractivity (Wildman–Crippen MR) is 56.1 cm³/mol. The van der Waals surface area contributed by atoms with Crippen LogP contribution in [0.5, 0.6) is 0 Å². The number of rotatable bonds is 3. The van der Waals surface area contributed by atoms with Crippen LogP contribution in [0.25, 0.3) is 0 Å². The van der Waals surface area contributed by atoms with Crippen molar-refractivity contribution in [2.24, 2.45) is 0 Å². The summed E-state index contributed by atoms with van der Waals surface area (Å²) < 4.78 is 0. The molecule has 2 unspecified atom stereocenters. The molecule has 0 aromatic heterocycles. The van der Waals surface area contributed by atoms with Crippen molar-refractivity contribution >= 4 is 11.6 Å². The van der Waals surface area contributed by atoms with Crippen molar-refractivity contribution in [3.8, 4) is 12.3 Å². The van der Waals surface area contributed by atoms with Gasteiger partial charge in [-0.25, -0.2) is 0 Å². The van der Waals surface area contributed by atoms with Gasteiger partial charge in [-0.3, -0.25) is 0 Å². The third-order valence-corrected chi connectivity index (χ3v) is 2.26. The second kappa shape index (κ2) is 5.02. The van der Waals surface area contributed by atoms with Gasteiger partial charge < -0.3 is 10.2 Å². The Morgan fingerprint density at radius 2 is 1.86 bits per heavy atom. The van der Waals surface area contributed by atoms with Crippen LogP contribution in [-0.2, 0) is 0 Å². The molecule has 1 aromatic carbocycles. The number of alkyl halides is 1. The van der Waals surface area contributed by atoms with Crippen molar-refractivity contribution in [2.75, 3.05) is 5.88 Å². The van der Waals surface area contributed by atoms with Gasteiger partial charge in [-0.2, -0.15) is 0 Å². The van der Waals surface area contributed by atoms with E-state index >= 15 is 0 Å². The highest BCUT2D eigenvalue weighted by Crippen LogP contribution is 2.17. The van der Waals surface area contributed by atoms with Crippen LogP contribution in [0.15, 0.2) is 24.3 Å². The summed E-state index contributed by atoms with van der Waals surface area (Å²) in [6.07, 6.45) is 3.27. The predicted octanol–water partition coefficient (Wildman–Crippen LogP) is 1.30. The number of hydrogen-bond donors (Lipinski definition) is 2. The molecule has 0 aliphatic carbocycles. The average Bonchev–Trinajstić information content (AvgIpc) is 2.27. The molecule has 0 spiro atoms. The summed E-state index contributed by atoms with van der Waals surface area (Å²) in [5, 5.41) is 18.9. The van der Waals surface area contributed by atoms with Gasteiger partial charge in [0.1, 0.15) is 6.10 Å². The number of terminal acetylenes is 1. The minimum absolute atomic E-state index is 0.00193. The topological polar surface area (TPSA) is 40.5 Å². The van der Waals surface area contributed by atoms with Gasteiger partial charge in [0.15, 0.2) is 0 Å². The number of halogens is 1. The van der Waals surface area contributed by atoms with Crippen LogP contribution in [0.4, 0.5) is 0 Å². The van der Waals surface area contributed by atoms with Gasteiger partial charge in [-0.05, 0) is 17.7 Å². The number of benzene rings is 1. The van der Waals surface area contributed by atoms with Gasteiger partial charge in [0.05, 0.1) is 12.0 Å². The molecule has 0 saturated heterocycles. The normalized spacial score (nSPS) is 14.4. The van der Waals surface area contributed by atoms with Crippen molar-refractivity contribution in [3.05, 3.63) is 35.4 Å². The fraction of sp³-hybridized carbons (Fsp3) is 0.273. The van der Waals surface area contributed by atoms with Gasteiger partial charge in [-0.15, -0.1) is 18.0 Å². The van der Waals surface area contributed by atoms with Crippen LogP contribution >= 0.6 is 11.6 Å². The molecular formula is C11H11ClO2. The lowest BCUT2D eigenvalue weighted by Crippen LogP contribution is -2.19. The van der Waals surface area contributed by atoms with Gasteiger partial charge >= 0.3 is 0 Å². The van der Waals surface area contributed by atoms with E-state index in [1.165, 1.54) is 0 Å². The molecule has 0 aliphatic heterocycles. The van der Waals surface area contributed by atoms with Gasteiger partial charge in [0.2, 0.25) is 0 Å². The summed E-state index contributed by atoms with van der Waals surface area (Å²) in [6, 6.07) is 6.77. The van der Waals surface area contributed by atoms with E-state index in [1.807, 2.05) is 0 Å². The summed E-state index contributed by atoms with van der Waals surface area (Å²) in [5.41, 5.74) is 1.35. The minimum Gasteiger partial charge on any atom is -0.389 e. The van der Waals surface area contributed by atoms with Gasteiger partial charge in [0.25, 0.3) is 0 Å². The third-order valence-electron chi connectivity index (χ3n) is 1.94. The molecule has 0 radical (unpaired) electrons. The average molecular weight is 211 g/mol. The SMILES string of the molecule is C#Cc1ccc(C(O)C(O)CCl)cc1. The zero-order valence-corrected chi connectivity index (χ0v) is 8.28. The van der Waals surface area contributed by atoms with E-state index in [-0.39, 0.29) is 5.88 Å². The number of aliphatic hydroxyl groups is 2. The first-order chi connectivity index (χ1) is 6.69. The summed E-state index contributed by atoms with van der Waals surface area (Å²) in [6.45, 7) is 0. The minimum atomic E-state index is -0.959. The van der Waals surface area contributed by atoms with Crippen LogP contribution in [0.3, 0.4) is 0 Å². The molecule has 2 atom stereocenters. The third kappa shape index (κ3) is 2.49. The standard InChI is InChI=1S/C11H11ClO2/c1-2-8-3-5-9(6-4-8)11(14)10(13)7-12/h1,3-6,10-11,13-14H,7H2. The van der Waals surface area contributed by atoms with Crippen molar-refractivity contribution in [1.29, 1.82) is 0 Å². The first kappa shape index (κ1) is 11.1. The largest absolute Gasteiger partial charge is 0.389 e. The molecule has 1 aromatic rings. The zero-order chi connectivity index (χ0) is 10.6.